The SMILES string of the molecule is CCOC(=O)[C@H]1N[C@@H]1C(=O)N[C@@H](CC(C)C)C(=O)N1CCC[C@H]1C(=O)OCc1ccccc1. The fourth-order valence-corrected chi connectivity index (χ4v) is 4.06. The molecule has 1 aromatic carbocycles. The van der Waals surface area contributed by atoms with Crippen molar-refractivity contribution in [2.45, 2.75) is 70.8 Å². The molecule has 9 heteroatoms. The zero-order valence-electron chi connectivity index (χ0n) is 19.4. The molecule has 2 aliphatic heterocycles. The second-order valence-corrected chi connectivity index (χ2v) is 8.85. The van der Waals surface area contributed by atoms with Crippen LogP contribution in [0.1, 0.15) is 45.6 Å². The van der Waals surface area contributed by atoms with Crippen LogP contribution in [0, 0.1) is 5.92 Å². The van der Waals surface area contributed by atoms with Crippen LogP contribution in [-0.2, 0) is 35.3 Å². The molecule has 0 aromatic heterocycles. The highest BCUT2D eigenvalue weighted by Gasteiger charge is 2.50. The number of carbonyl (C=O) groups excluding carboxylic acids is 4. The smallest absolute Gasteiger partial charge is 0.329 e. The summed E-state index contributed by atoms with van der Waals surface area (Å²) < 4.78 is 10.4. The number of hydrogen-bond acceptors (Lipinski definition) is 7. The molecule has 2 fully saturated rings. The van der Waals surface area contributed by atoms with Gasteiger partial charge in [0.2, 0.25) is 11.8 Å². The molecule has 180 valence electrons. The van der Waals surface area contributed by atoms with Crippen molar-refractivity contribution in [3.8, 4) is 0 Å². The Balaban J connectivity index is 1.61. The van der Waals surface area contributed by atoms with Gasteiger partial charge in [0.1, 0.15) is 30.8 Å². The van der Waals surface area contributed by atoms with Gasteiger partial charge in [0.05, 0.1) is 6.61 Å². The van der Waals surface area contributed by atoms with Crippen molar-refractivity contribution in [1.29, 1.82) is 0 Å². The lowest BCUT2D eigenvalue weighted by Crippen LogP contribution is -2.53. The lowest BCUT2D eigenvalue weighted by molar-refractivity contribution is -0.155. The van der Waals surface area contributed by atoms with E-state index in [-0.39, 0.29) is 25.0 Å². The number of ether oxygens (including phenoxy) is 2. The third kappa shape index (κ3) is 6.54. The Morgan fingerprint density at radius 3 is 2.48 bits per heavy atom. The van der Waals surface area contributed by atoms with Crippen LogP contribution in [0.3, 0.4) is 0 Å². The first-order valence-corrected chi connectivity index (χ1v) is 11.6. The second kappa shape index (κ2) is 11.3. The molecule has 2 amide bonds. The van der Waals surface area contributed by atoms with Crippen LogP contribution < -0.4 is 10.6 Å². The number of nitrogens with zero attached hydrogens (tertiary/aromatic N) is 1. The van der Waals surface area contributed by atoms with E-state index in [1.165, 1.54) is 4.90 Å². The molecule has 0 radical (unpaired) electrons. The topological polar surface area (TPSA) is 124 Å². The first-order valence-electron chi connectivity index (χ1n) is 11.6. The molecule has 4 atom stereocenters. The molecule has 33 heavy (non-hydrogen) atoms. The molecule has 2 saturated heterocycles. The monoisotopic (exact) mass is 459 g/mol. The van der Waals surface area contributed by atoms with Gasteiger partial charge >= 0.3 is 11.9 Å². The minimum Gasteiger partial charge on any atom is -0.465 e. The molecule has 2 aliphatic rings. The highest BCUT2D eigenvalue weighted by atomic mass is 16.5. The quantitative estimate of drug-likeness (QED) is 0.397. The van der Waals surface area contributed by atoms with Gasteiger partial charge in [-0.15, -0.1) is 0 Å². The molecule has 1 aromatic rings. The van der Waals surface area contributed by atoms with Crippen molar-refractivity contribution < 1.29 is 28.7 Å². The maximum Gasteiger partial charge on any atom is 0.329 e. The van der Waals surface area contributed by atoms with Gasteiger partial charge in [-0.1, -0.05) is 44.2 Å². The van der Waals surface area contributed by atoms with Crippen molar-refractivity contribution >= 4 is 23.8 Å². The maximum atomic E-state index is 13.4. The molecule has 3 rings (SSSR count). The van der Waals surface area contributed by atoms with Crippen molar-refractivity contribution in [3.05, 3.63) is 35.9 Å². The average molecular weight is 460 g/mol. The normalized spacial score (nSPS) is 22.5. The molecule has 0 unspecified atom stereocenters. The summed E-state index contributed by atoms with van der Waals surface area (Å²) in [4.78, 5) is 52.1. The number of benzene rings is 1. The lowest BCUT2D eigenvalue weighted by Gasteiger charge is -2.29. The van der Waals surface area contributed by atoms with E-state index in [1.807, 2.05) is 44.2 Å². The Morgan fingerprint density at radius 2 is 1.82 bits per heavy atom. The van der Waals surface area contributed by atoms with Crippen LogP contribution in [0.15, 0.2) is 30.3 Å². The summed E-state index contributed by atoms with van der Waals surface area (Å²) in [6.07, 6.45) is 1.63. The Hall–Kier alpha value is -2.94. The van der Waals surface area contributed by atoms with Gasteiger partial charge in [-0.3, -0.25) is 19.7 Å². The number of rotatable bonds is 10. The van der Waals surface area contributed by atoms with Crippen LogP contribution in [-0.4, -0.2) is 66.0 Å². The first kappa shape index (κ1) is 24.7. The molecule has 0 bridgehead atoms. The van der Waals surface area contributed by atoms with Crippen molar-refractivity contribution in [3.63, 3.8) is 0 Å². The van der Waals surface area contributed by atoms with E-state index >= 15 is 0 Å². The maximum absolute atomic E-state index is 13.4. The van der Waals surface area contributed by atoms with E-state index in [0.29, 0.717) is 25.8 Å². The first-order chi connectivity index (χ1) is 15.8. The average Bonchev–Trinajstić information content (AvgIpc) is 3.46. The zero-order valence-corrected chi connectivity index (χ0v) is 19.4. The van der Waals surface area contributed by atoms with Crippen molar-refractivity contribution in [2.75, 3.05) is 13.2 Å². The Labute approximate surface area is 194 Å². The van der Waals surface area contributed by atoms with E-state index in [4.69, 9.17) is 9.47 Å². The van der Waals surface area contributed by atoms with Gasteiger partial charge < -0.3 is 19.7 Å². The number of esters is 2. The molecule has 9 nitrogen and oxygen atoms in total. The Morgan fingerprint density at radius 1 is 1.09 bits per heavy atom. The van der Waals surface area contributed by atoms with Crippen LogP contribution in [0.4, 0.5) is 0 Å². The summed E-state index contributed by atoms with van der Waals surface area (Å²) in [5.74, 6) is -1.51. The molecular weight excluding hydrogens is 426 g/mol. The van der Waals surface area contributed by atoms with Gasteiger partial charge in [-0.2, -0.15) is 0 Å². The molecule has 2 heterocycles. The minimum absolute atomic E-state index is 0.137. The third-order valence-corrected chi connectivity index (χ3v) is 5.76. The van der Waals surface area contributed by atoms with E-state index < -0.39 is 42.0 Å². The van der Waals surface area contributed by atoms with E-state index in [9.17, 15) is 19.2 Å². The van der Waals surface area contributed by atoms with Crippen molar-refractivity contribution in [2.24, 2.45) is 5.92 Å². The Kier molecular flexibility index (Phi) is 8.43. The van der Waals surface area contributed by atoms with E-state index in [2.05, 4.69) is 10.6 Å². The summed E-state index contributed by atoms with van der Waals surface area (Å²) >= 11 is 0. The fraction of sp³-hybridized carbons (Fsp3) is 0.583. The highest BCUT2D eigenvalue weighted by Crippen LogP contribution is 2.22. The van der Waals surface area contributed by atoms with Crippen LogP contribution >= 0.6 is 0 Å². The summed E-state index contributed by atoms with van der Waals surface area (Å²) in [6.45, 7) is 6.42. The number of likely N-dealkylation sites (tertiary alicyclic amines) is 1. The van der Waals surface area contributed by atoms with Crippen LogP contribution in [0.2, 0.25) is 0 Å². The summed E-state index contributed by atoms with van der Waals surface area (Å²) in [6, 6.07) is 6.51. The molecule has 2 N–H and O–H groups in total. The highest BCUT2D eigenvalue weighted by molar-refractivity contribution is 5.98. The number of carbonyl (C=O) groups is 4. The molecule has 0 spiro atoms. The Bertz CT molecular complexity index is 859. The summed E-state index contributed by atoms with van der Waals surface area (Å²) in [5, 5.41) is 5.57. The molecule has 0 saturated carbocycles. The molecular formula is C24H33N3O6. The second-order valence-electron chi connectivity index (χ2n) is 8.85. The minimum atomic E-state index is -0.787. The van der Waals surface area contributed by atoms with E-state index in [0.717, 1.165) is 5.56 Å². The predicted molar refractivity (Wildman–Crippen MR) is 120 cm³/mol. The number of nitrogens with one attached hydrogen (secondary N) is 2. The lowest BCUT2D eigenvalue weighted by atomic mass is 10.0. The number of amides is 2. The predicted octanol–water partition coefficient (Wildman–Crippen LogP) is 1.16. The van der Waals surface area contributed by atoms with Crippen LogP contribution in [0.25, 0.3) is 0 Å². The molecule has 0 aliphatic carbocycles. The zero-order chi connectivity index (χ0) is 24.0. The van der Waals surface area contributed by atoms with Gasteiger partial charge in [-0.05, 0) is 37.7 Å². The largest absolute Gasteiger partial charge is 0.465 e. The van der Waals surface area contributed by atoms with Crippen LogP contribution in [0.5, 0.6) is 0 Å². The van der Waals surface area contributed by atoms with Gasteiger partial charge in [-0.25, -0.2) is 4.79 Å². The van der Waals surface area contributed by atoms with Gasteiger partial charge in [0.25, 0.3) is 0 Å². The summed E-state index contributed by atoms with van der Waals surface area (Å²) in [5.41, 5.74) is 0.875. The van der Waals surface area contributed by atoms with Crippen molar-refractivity contribution in [1.82, 2.24) is 15.5 Å². The van der Waals surface area contributed by atoms with Gasteiger partial charge in [0, 0.05) is 6.54 Å². The van der Waals surface area contributed by atoms with E-state index in [1.54, 1.807) is 6.92 Å². The number of hydrogen-bond donors (Lipinski definition) is 2. The standard InChI is InChI=1S/C24H33N3O6/c1-4-32-24(31)20-19(26-20)21(28)25-17(13-15(2)3)22(29)27-12-8-11-18(27)23(30)33-14-16-9-6-5-7-10-16/h5-7,9-10,15,17-20,26H,4,8,11-14H2,1-3H3,(H,25,28)/t17-,18-,19-,20-/m0/s1. The summed E-state index contributed by atoms with van der Waals surface area (Å²) in [7, 11) is 0. The third-order valence-electron chi connectivity index (χ3n) is 5.76. The van der Waals surface area contributed by atoms with Gasteiger partial charge in [0.15, 0.2) is 0 Å². The fourth-order valence-electron chi connectivity index (χ4n) is 4.06.